The van der Waals surface area contributed by atoms with Crippen LogP contribution in [0.3, 0.4) is 0 Å². The van der Waals surface area contributed by atoms with E-state index in [-0.39, 0.29) is 0 Å². The molecule has 0 saturated carbocycles. The molecule has 0 aliphatic rings. The van der Waals surface area contributed by atoms with Crippen LogP contribution in [0.25, 0.3) is 0 Å². The van der Waals surface area contributed by atoms with Crippen molar-refractivity contribution in [2.45, 2.75) is 33.2 Å². The third-order valence-electron chi connectivity index (χ3n) is 2.41. The molecule has 0 spiro atoms. The van der Waals surface area contributed by atoms with Crippen LogP contribution in [-0.4, -0.2) is 11.0 Å². The number of rotatable bonds is 4. The number of anilines is 2. The van der Waals surface area contributed by atoms with Gasteiger partial charge in [-0.1, -0.05) is 20.8 Å². The molecular weight excluding hydrogens is 174 g/mol. The molecule has 1 unspecified atom stereocenters. The number of nitrogen functional groups attached to an aromatic ring is 1. The van der Waals surface area contributed by atoms with Crippen molar-refractivity contribution in [3.8, 4) is 0 Å². The molecule has 0 radical (unpaired) electrons. The van der Waals surface area contributed by atoms with E-state index in [9.17, 15) is 0 Å². The zero-order chi connectivity index (χ0) is 10.6. The molecule has 0 aliphatic heterocycles. The maximum absolute atomic E-state index is 5.80. The molecule has 3 N–H and O–H groups in total. The lowest BCUT2D eigenvalue weighted by molar-refractivity contribution is 0.510. The molecule has 1 aromatic heterocycles. The summed E-state index contributed by atoms with van der Waals surface area (Å²) < 4.78 is 0. The minimum atomic E-state index is 0.437. The molecule has 1 heterocycles. The van der Waals surface area contributed by atoms with Crippen molar-refractivity contribution in [1.82, 2.24) is 4.98 Å². The van der Waals surface area contributed by atoms with Crippen LogP contribution in [0.15, 0.2) is 18.3 Å². The Morgan fingerprint density at radius 2 is 2.21 bits per heavy atom. The van der Waals surface area contributed by atoms with Crippen LogP contribution in [0.5, 0.6) is 0 Å². The summed E-state index contributed by atoms with van der Waals surface area (Å²) in [6, 6.07) is 4.14. The lowest BCUT2D eigenvalue weighted by Gasteiger charge is -2.21. The number of nitrogens with zero attached hydrogens (tertiary/aromatic N) is 1. The Morgan fingerprint density at radius 1 is 1.50 bits per heavy atom. The van der Waals surface area contributed by atoms with Crippen molar-refractivity contribution >= 4 is 11.5 Å². The standard InChI is InChI=1S/C11H19N3/c1-4-10(8(2)3)14-11-9(12)6-5-7-13-11/h5-8,10H,4,12H2,1-3H3,(H,13,14). The Hall–Kier alpha value is -1.25. The van der Waals surface area contributed by atoms with Crippen LogP contribution in [0, 0.1) is 5.92 Å². The minimum absolute atomic E-state index is 0.437. The van der Waals surface area contributed by atoms with Gasteiger partial charge in [0.1, 0.15) is 5.82 Å². The third-order valence-corrected chi connectivity index (χ3v) is 2.41. The fourth-order valence-electron chi connectivity index (χ4n) is 1.45. The summed E-state index contributed by atoms with van der Waals surface area (Å²) in [5.41, 5.74) is 6.51. The van der Waals surface area contributed by atoms with Gasteiger partial charge < -0.3 is 11.1 Å². The summed E-state index contributed by atoms with van der Waals surface area (Å²) in [4.78, 5) is 4.21. The van der Waals surface area contributed by atoms with Crippen LogP contribution in [0.4, 0.5) is 11.5 Å². The highest BCUT2D eigenvalue weighted by Gasteiger charge is 2.11. The topological polar surface area (TPSA) is 50.9 Å². The lowest BCUT2D eigenvalue weighted by atomic mass is 10.0. The van der Waals surface area contributed by atoms with Gasteiger partial charge in [-0.3, -0.25) is 0 Å². The predicted molar refractivity (Wildman–Crippen MR) is 61.2 cm³/mol. The van der Waals surface area contributed by atoms with E-state index in [1.54, 1.807) is 6.20 Å². The van der Waals surface area contributed by atoms with Gasteiger partial charge in [0.05, 0.1) is 5.69 Å². The fourth-order valence-corrected chi connectivity index (χ4v) is 1.45. The molecule has 0 aromatic carbocycles. The van der Waals surface area contributed by atoms with E-state index in [0.717, 1.165) is 12.2 Å². The number of nitrogens with one attached hydrogen (secondary N) is 1. The molecule has 0 bridgehead atoms. The van der Waals surface area contributed by atoms with Crippen LogP contribution in [0.2, 0.25) is 0 Å². The normalized spacial score (nSPS) is 12.9. The smallest absolute Gasteiger partial charge is 0.149 e. The Bertz CT molecular complexity index is 284. The highest BCUT2D eigenvalue weighted by molar-refractivity contribution is 5.60. The van der Waals surface area contributed by atoms with Gasteiger partial charge in [0.15, 0.2) is 0 Å². The molecule has 1 rings (SSSR count). The van der Waals surface area contributed by atoms with Gasteiger partial charge in [0.2, 0.25) is 0 Å². The summed E-state index contributed by atoms with van der Waals surface area (Å²) in [6.07, 6.45) is 2.83. The van der Waals surface area contributed by atoms with Crippen molar-refractivity contribution in [1.29, 1.82) is 0 Å². The highest BCUT2D eigenvalue weighted by Crippen LogP contribution is 2.18. The maximum atomic E-state index is 5.80. The second-order valence-corrected chi connectivity index (χ2v) is 3.84. The van der Waals surface area contributed by atoms with E-state index in [1.165, 1.54) is 0 Å². The van der Waals surface area contributed by atoms with Crippen molar-refractivity contribution in [2.24, 2.45) is 5.92 Å². The zero-order valence-corrected chi connectivity index (χ0v) is 9.12. The summed E-state index contributed by atoms with van der Waals surface area (Å²) in [5.74, 6) is 1.38. The lowest BCUT2D eigenvalue weighted by Crippen LogP contribution is -2.25. The van der Waals surface area contributed by atoms with E-state index >= 15 is 0 Å². The molecule has 0 saturated heterocycles. The highest BCUT2D eigenvalue weighted by atomic mass is 15.0. The van der Waals surface area contributed by atoms with Crippen LogP contribution >= 0.6 is 0 Å². The first kappa shape index (κ1) is 10.8. The minimum Gasteiger partial charge on any atom is -0.396 e. The molecule has 1 atom stereocenters. The van der Waals surface area contributed by atoms with Crippen LogP contribution < -0.4 is 11.1 Å². The largest absolute Gasteiger partial charge is 0.396 e. The molecule has 78 valence electrons. The summed E-state index contributed by atoms with van der Waals surface area (Å²) in [7, 11) is 0. The molecule has 0 amide bonds. The van der Waals surface area contributed by atoms with Gasteiger partial charge >= 0.3 is 0 Å². The average Bonchev–Trinajstić information content (AvgIpc) is 2.16. The average molecular weight is 193 g/mol. The number of hydrogen-bond donors (Lipinski definition) is 2. The van der Waals surface area contributed by atoms with Crippen LogP contribution in [0.1, 0.15) is 27.2 Å². The number of aromatic nitrogens is 1. The Balaban J connectivity index is 2.72. The van der Waals surface area contributed by atoms with Gasteiger partial charge in [-0.05, 0) is 24.5 Å². The van der Waals surface area contributed by atoms with Crippen molar-refractivity contribution < 1.29 is 0 Å². The Labute approximate surface area is 85.7 Å². The third kappa shape index (κ3) is 2.62. The first-order valence-corrected chi connectivity index (χ1v) is 5.12. The predicted octanol–water partition coefficient (Wildman–Crippen LogP) is 2.51. The van der Waals surface area contributed by atoms with E-state index in [2.05, 4.69) is 31.1 Å². The second-order valence-electron chi connectivity index (χ2n) is 3.84. The van der Waals surface area contributed by atoms with E-state index < -0.39 is 0 Å². The van der Waals surface area contributed by atoms with Crippen molar-refractivity contribution in [3.05, 3.63) is 18.3 Å². The van der Waals surface area contributed by atoms with Gasteiger partial charge in [-0.25, -0.2) is 4.98 Å². The van der Waals surface area contributed by atoms with Crippen LogP contribution in [-0.2, 0) is 0 Å². The first-order chi connectivity index (χ1) is 6.65. The monoisotopic (exact) mass is 193 g/mol. The van der Waals surface area contributed by atoms with Gasteiger partial charge in [-0.15, -0.1) is 0 Å². The maximum Gasteiger partial charge on any atom is 0.149 e. The fraction of sp³-hybridized carbons (Fsp3) is 0.545. The van der Waals surface area contributed by atoms with Gasteiger partial charge in [0, 0.05) is 12.2 Å². The number of hydrogen-bond acceptors (Lipinski definition) is 3. The first-order valence-electron chi connectivity index (χ1n) is 5.12. The van der Waals surface area contributed by atoms with E-state index in [4.69, 9.17) is 5.73 Å². The molecule has 14 heavy (non-hydrogen) atoms. The molecule has 1 aromatic rings. The molecule has 3 nitrogen and oxygen atoms in total. The Kier molecular flexibility index (Phi) is 3.74. The summed E-state index contributed by atoms with van der Waals surface area (Å²) in [6.45, 7) is 6.55. The summed E-state index contributed by atoms with van der Waals surface area (Å²) >= 11 is 0. The van der Waals surface area contributed by atoms with Gasteiger partial charge in [0.25, 0.3) is 0 Å². The second kappa shape index (κ2) is 4.84. The molecular formula is C11H19N3. The van der Waals surface area contributed by atoms with Gasteiger partial charge in [-0.2, -0.15) is 0 Å². The van der Waals surface area contributed by atoms with E-state index in [1.807, 2.05) is 12.1 Å². The number of pyridine rings is 1. The Morgan fingerprint density at radius 3 is 2.71 bits per heavy atom. The quantitative estimate of drug-likeness (QED) is 0.772. The SMILES string of the molecule is CCC(Nc1ncccc1N)C(C)C. The molecule has 3 heteroatoms. The van der Waals surface area contributed by atoms with Crippen molar-refractivity contribution in [3.63, 3.8) is 0 Å². The van der Waals surface area contributed by atoms with Crippen molar-refractivity contribution in [2.75, 3.05) is 11.1 Å². The number of nitrogens with two attached hydrogens (primary N) is 1. The molecule has 0 fully saturated rings. The zero-order valence-electron chi connectivity index (χ0n) is 9.12. The summed E-state index contributed by atoms with van der Waals surface area (Å²) in [5, 5.41) is 3.36. The van der Waals surface area contributed by atoms with E-state index in [0.29, 0.717) is 17.6 Å². The molecule has 0 aliphatic carbocycles.